The third-order valence-electron chi connectivity index (χ3n) is 4.42. The van der Waals surface area contributed by atoms with Gasteiger partial charge in [-0.15, -0.1) is 11.3 Å². The Balaban J connectivity index is 1.37. The van der Waals surface area contributed by atoms with Crippen molar-refractivity contribution in [1.82, 2.24) is 20.6 Å². The Bertz CT molecular complexity index is 889. The maximum atomic E-state index is 12.6. The van der Waals surface area contributed by atoms with Gasteiger partial charge in [0.1, 0.15) is 6.04 Å². The Morgan fingerprint density at radius 3 is 3.00 bits per heavy atom. The van der Waals surface area contributed by atoms with Crippen LogP contribution in [0.2, 0.25) is 0 Å². The number of aromatic nitrogens is 2. The lowest BCUT2D eigenvalue weighted by Gasteiger charge is -2.11. The van der Waals surface area contributed by atoms with E-state index >= 15 is 0 Å². The van der Waals surface area contributed by atoms with E-state index in [9.17, 15) is 4.79 Å². The highest BCUT2D eigenvalue weighted by Gasteiger charge is 2.30. The molecule has 0 spiro atoms. The number of carbonyl (C=O) groups excluding carboxylic acids is 1. The summed E-state index contributed by atoms with van der Waals surface area (Å²) in [5.74, 6) is -0.0236. The quantitative estimate of drug-likeness (QED) is 0.648. The van der Waals surface area contributed by atoms with E-state index in [4.69, 9.17) is 0 Å². The second-order valence-electron chi connectivity index (χ2n) is 6.47. The number of amides is 1. The molecule has 3 aromatic rings. The Hall–Kier alpha value is -2.48. The molecule has 1 saturated heterocycles. The van der Waals surface area contributed by atoms with Gasteiger partial charge in [0.15, 0.2) is 0 Å². The number of rotatable bonds is 5. The Morgan fingerprint density at radius 1 is 1.31 bits per heavy atom. The summed E-state index contributed by atoms with van der Waals surface area (Å²) >= 11 is 1.76. The number of anilines is 1. The summed E-state index contributed by atoms with van der Waals surface area (Å²) in [5, 5.41) is 7.23. The minimum atomic E-state index is -0.253. The number of benzene rings is 1. The lowest BCUT2D eigenvalue weighted by atomic mass is 10.1. The fourth-order valence-electron chi connectivity index (χ4n) is 3.11. The van der Waals surface area contributed by atoms with Crippen LogP contribution in [-0.4, -0.2) is 21.7 Å². The van der Waals surface area contributed by atoms with Gasteiger partial charge >= 0.3 is 0 Å². The van der Waals surface area contributed by atoms with Crippen molar-refractivity contribution in [2.75, 3.05) is 5.32 Å². The van der Waals surface area contributed by atoms with Crippen LogP contribution >= 0.6 is 11.3 Å². The number of thiophene rings is 1. The molecule has 6 nitrogen and oxygen atoms in total. The van der Waals surface area contributed by atoms with Gasteiger partial charge in [0.25, 0.3) is 0 Å². The molecule has 0 aliphatic carbocycles. The summed E-state index contributed by atoms with van der Waals surface area (Å²) < 4.78 is 1.86. The third-order valence-corrected chi connectivity index (χ3v) is 5.54. The van der Waals surface area contributed by atoms with Crippen molar-refractivity contribution < 1.29 is 4.79 Å². The zero-order chi connectivity index (χ0) is 17.9. The van der Waals surface area contributed by atoms with Gasteiger partial charge in [-0.1, -0.05) is 12.1 Å². The monoisotopic (exact) mass is 367 g/mol. The molecule has 134 valence electrons. The van der Waals surface area contributed by atoms with E-state index in [-0.39, 0.29) is 18.0 Å². The van der Waals surface area contributed by atoms with E-state index < -0.39 is 0 Å². The first kappa shape index (κ1) is 17.0. The van der Waals surface area contributed by atoms with Crippen molar-refractivity contribution in [1.29, 1.82) is 0 Å². The minimum absolute atomic E-state index is 0.0236. The number of nitrogens with zero attached hydrogens (tertiary/aromatic N) is 2. The molecule has 2 aromatic heterocycles. The number of aryl methyl sites for hydroxylation is 1. The summed E-state index contributed by atoms with van der Waals surface area (Å²) in [6, 6.07) is 13.9. The Morgan fingerprint density at radius 2 is 2.23 bits per heavy atom. The molecule has 3 heterocycles. The van der Waals surface area contributed by atoms with Crippen molar-refractivity contribution >= 4 is 22.9 Å². The smallest absolute Gasteiger partial charge is 0.242 e. The van der Waals surface area contributed by atoms with Crippen LogP contribution in [0.4, 0.5) is 5.69 Å². The lowest BCUT2D eigenvalue weighted by molar-refractivity contribution is -0.117. The number of carbonyl (C=O) groups is 1. The van der Waals surface area contributed by atoms with Crippen LogP contribution in [0, 0.1) is 6.92 Å². The van der Waals surface area contributed by atoms with Gasteiger partial charge in [-0.05, 0) is 49.2 Å². The molecule has 1 amide bonds. The fourth-order valence-corrected chi connectivity index (χ4v) is 4.05. The summed E-state index contributed by atoms with van der Waals surface area (Å²) in [4.78, 5) is 15.1. The predicted molar refractivity (Wildman–Crippen MR) is 103 cm³/mol. The van der Waals surface area contributed by atoms with E-state index in [1.54, 1.807) is 17.5 Å². The fraction of sp³-hybridized carbons (Fsp3) is 0.263. The second kappa shape index (κ2) is 7.41. The lowest BCUT2D eigenvalue weighted by Crippen LogP contribution is -2.39. The first-order chi connectivity index (χ1) is 12.7. The van der Waals surface area contributed by atoms with Crippen molar-refractivity contribution in [2.24, 2.45) is 0 Å². The van der Waals surface area contributed by atoms with E-state index in [1.807, 2.05) is 41.2 Å². The average molecular weight is 367 g/mol. The maximum Gasteiger partial charge on any atom is 0.242 e. The molecule has 1 aliphatic rings. The van der Waals surface area contributed by atoms with Crippen LogP contribution in [0.25, 0.3) is 0 Å². The Labute approximate surface area is 156 Å². The van der Waals surface area contributed by atoms with Gasteiger partial charge in [-0.2, -0.15) is 5.10 Å². The molecule has 0 radical (unpaired) electrons. The number of hydrazine groups is 1. The number of hydrogen-bond donors (Lipinski definition) is 3. The molecule has 2 atom stereocenters. The summed E-state index contributed by atoms with van der Waals surface area (Å²) in [7, 11) is 0. The topological polar surface area (TPSA) is 71.0 Å². The molecule has 26 heavy (non-hydrogen) atoms. The Kier molecular flexibility index (Phi) is 4.83. The van der Waals surface area contributed by atoms with E-state index in [1.165, 1.54) is 9.75 Å². The van der Waals surface area contributed by atoms with Gasteiger partial charge in [-0.25, -0.2) is 10.9 Å². The molecule has 3 N–H and O–H groups in total. The molecule has 1 aromatic carbocycles. The minimum Gasteiger partial charge on any atom is -0.325 e. The first-order valence-corrected chi connectivity index (χ1v) is 9.43. The molecule has 1 fully saturated rings. The number of hydrogen-bond acceptors (Lipinski definition) is 5. The van der Waals surface area contributed by atoms with Crippen LogP contribution < -0.4 is 16.2 Å². The molecule has 4 rings (SSSR count). The van der Waals surface area contributed by atoms with Crippen LogP contribution in [0.1, 0.15) is 27.8 Å². The van der Waals surface area contributed by atoms with Crippen LogP contribution in [0.3, 0.4) is 0 Å². The highest BCUT2D eigenvalue weighted by molar-refractivity contribution is 7.12. The standard InChI is InChI=1S/C19H21N5OS/c1-13-6-7-18(26-13)16-11-17(23-22-16)19(25)21-15-5-2-4-14(10-15)12-24-9-3-8-20-24/h2-10,16-17,22-23H,11-12H2,1H3,(H,21,25). The van der Waals surface area contributed by atoms with Gasteiger partial charge in [0.2, 0.25) is 5.91 Å². The normalized spacial score (nSPS) is 19.6. The van der Waals surface area contributed by atoms with Gasteiger partial charge < -0.3 is 5.32 Å². The van der Waals surface area contributed by atoms with Crippen LogP contribution in [-0.2, 0) is 11.3 Å². The molecule has 7 heteroatoms. The third kappa shape index (κ3) is 3.85. The summed E-state index contributed by atoms with van der Waals surface area (Å²) in [5.41, 5.74) is 8.24. The van der Waals surface area contributed by atoms with Crippen LogP contribution in [0.15, 0.2) is 54.9 Å². The molecule has 0 bridgehead atoms. The molecule has 0 saturated carbocycles. The molecular formula is C19H21N5OS. The maximum absolute atomic E-state index is 12.6. The van der Waals surface area contributed by atoms with Crippen molar-refractivity contribution in [2.45, 2.75) is 32.0 Å². The van der Waals surface area contributed by atoms with E-state index in [0.717, 1.165) is 17.7 Å². The molecule has 2 unspecified atom stereocenters. The van der Waals surface area contributed by atoms with E-state index in [0.29, 0.717) is 6.54 Å². The number of nitrogens with one attached hydrogen (secondary N) is 3. The van der Waals surface area contributed by atoms with Crippen molar-refractivity contribution in [3.05, 3.63) is 70.2 Å². The zero-order valence-electron chi connectivity index (χ0n) is 14.5. The summed E-state index contributed by atoms with van der Waals surface area (Å²) in [6.45, 7) is 2.77. The van der Waals surface area contributed by atoms with Gasteiger partial charge in [-0.3, -0.25) is 9.48 Å². The highest BCUT2D eigenvalue weighted by Crippen LogP contribution is 2.28. The zero-order valence-corrected chi connectivity index (χ0v) is 15.3. The SMILES string of the molecule is Cc1ccc(C2CC(C(=O)Nc3cccc(Cn4cccn4)c3)NN2)s1. The molecular weight excluding hydrogens is 346 g/mol. The van der Waals surface area contributed by atoms with Crippen LogP contribution in [0.5, 0.6) is 0 Å². The average Bonchev–Trinajstić information content (AvgIpc) is 3.36. The highest BCUT2D eigenvalue weighted by atomic mass is 32.1. The van der Waals surface area contributed by atoms with Crippen molar-refractivity contribution in [3.63, 3.8) is 0 Å². The first-order valence-electron chi connectivity index (χ1n) is 8.62. The summed E-state index contributed by atoms with van der Waals surface area (Å²) in [6.07, 6.45) is 4.42. The largest absolute Gasteiger partial charge is 0.325 e. The van der Waals surface area contributed by atoms with Gasteiger partial charge in [0, 0.05) is 27.8 Å². The predicted octanol–water partition coefficient (Wildman–Crippen LogP) is 2.85. The van der Waals surface area contributed by atoms with E-state index in [2.05, 4.69) is 40.3 Å². The second-order valence-corrected chi connectivity index (χ2v) is 7.79. The van der Waals surface area contributed by atoms with Crippen molar-refractivity contribution in [3.8, 4) is 0 Å². The molecule has 1 aliphatic heterocycles. The van der Waals surface area contributed by atoms with Gasteiger partial charge in [0.05, 0.1) is 12.6 Å².